The molecule has 0 aliphatic heterocycles. The molecule has 0 fully saturated rings. The molecule has 0 saturated carbocycles. The standard InChI is InChI=1S/C18H20N2O3/c1-18(2,3)12-6-4-11(5-7-12)16(21)20-15-10-13(19)8-9-14(15)17(22)23/h4-10H,19H2,1-3H3,(H,20,21)(H,22,23). The molecule has 0 spiro atoms. The summed E-state index contributed by atoms with van der Waals surface area (Å²) in [5, 5.41) is 11.8. The monoisotopic (exact) mass is 312 g/mol. The number of benzene rings is 2. The molecule has 2 rings (SSSR count). The van der Waals surface area contributed by atoms with Crippen molar-refractivity contribution in [3.8, 4) is 0 Å². The molecule has 5 nitrogen and oxygen atoms in total. The van der Waals surface area contributed by atoms with Crippen LogP contribution in [0.25, 0.3) is 0 Å². The Kier molecular flexibility index (Phi) is 4.40. The Hall–Kier alpha value is -2.82. The maximum absolute atomic E-state index is 12.3. The molecule has 120 valence electrons. The molecule has 0 saturated heterocycles. The largest absolute Gasteiger partial charge is 0.478 e. The summed E-state index contributed by atoms with van der Waals surface area (Å²) >= 11 is 0. The number of anilines is 2. The second-order valence-corrected chi connectivity index (χ2v) is 6.39. The quantitative estimate of drug-likeness (QED) is 0.756. The van der Waals surface area contributed by atoms with E-state index in [0.717, 1.165) is 5.56 Å². The lowest BCUT2D eigenvalue weighted by molar-refractivity contribution is 0.0698. The van der Waals surface area contributed by atoms with Crippen LogP contribution >= 0.6 is 0 Å². The zero-order valence-electron chi connectivity index (χ0n) is 13.4. The highest BCUT2D eigenvalue weighted by molar-refractivity contribution is 6.08. The van der Waals surface area contributed by atoms with Crippen molar-refractivity contribution in [2.75, 3.05) is 11.1 Å². The summed E-state index contributed by atoms with van der Waals surface area (Å²) < 4.78 is 0. The van der Waals surface area contributed by atoms with E-state index in [-0.39, 0.29) is 22.6 Å². The summed E-state index contributed by atoms with van der Waals surface area (Å²) in [6, 6.07) is 11.5. The number of rotatable bonds is 3. The summed E-state index contributed by atoms with van der Waals surface area (Å²) in [5.74, 6) is -1.50. The first-order valence-electron chi connectivity index (χ1n) is 7.23. The van der Waals surface area contributed by atoms with Crippen LogP contribution in [0.4, 0.5) is 11.4 Å². The molecule has 5 heteroatoms. The number of nitrogens with two attached hydrogens (primary N) is 1. The van der Waals surface area contributed by atoms with Crippen molar-refractivity contribution in [1.29, 1.82) is 0 Å². The van der Waals surface area contributed by atoms with Crippen molar-refractivity contribution in [1.82, 2.24) is 0 Å². The Morgan fingerprint density at radius 1 is 1.04 bits per heavy atom. The fourth-order valence-corrected chi connectivity index (χ4v) is 2.17. The van der Waals surface area contributed by atoms with E-state index < -0.39 is 5.97 Å². The highest BCUT2D eigenvalue weighted by atomic mass is 16.4. The normalized spacial score (nSPS) is 11.1. The average molecular weight is 312 g/mol. The van der Waals surface area contributed by atoms with E-state index in [9.17, 15) is 14.7 Å². The third-order valence-electron chi connectivity index (χ3n) is 3.54. The molecule has 0 heterocycles. The van der Waals surface area contributed by atoms with Crippen molar-refractivity contribution in [2.45, 2.75) is 26.2 Å². The second-order valence-electron chi connectivity index (χ2n) is 6.39. The molecule has 1 amide bonds. The van der Waals surface area contributed by atoms with E-state index >= 15 is 0 Å². The van der Waals surface area contributed by atoms with Crippen LogP contribution in [0.2, 0.25) is 0 Å². The molecule has 0 atom stereocenters. The van der Waals surface area contributed by atoms with Crippen LogP contribution in [0.3, 0.4) is 0 Å². The van der Waals surface area contributed by atoms with Crippen molar-refractivity contribution >= 4 is 23.3 Å². The molecule has 0 aliphatic rings. The molecule has 4 N–H and O–H groups in total. The minimum absolute atomic E-state index is 0.000631. The number of carbonyl (C=O) groups is 2. The number of hydrogen-bond acceptors (Lipinski definition) is 3. The number of aromatic carboxylic acids is 1. The topological polar surface area (TPSA) is 92.4 Å². The summed E-state index contributed by atoms with van der Waals surface area (Å²) in [7, 11) is 0. The molecular formula is C18H20N2O3. The van der Waals surface area contributed by atoms with Gasteiger partial charge in [0.2, 0.25) is 0 Å². The number of carboxylic acid groups (broad SMARTS) is 1. The highest BCUT2D eigenvalue weighted by Gasteiger charge is 2.16. The van der Waals surface area contributed by atoms with Gasteiger partial charge in [0.15, 0.2) is 0 Å². The van der Waals surface area contributed by atoms with Gasteiger partial charge in [0.1, 0.15) is 0 Å². The fourth-order valence-electron chi connectivity index (χ4n) is 2.17. The third kappa shape index (κ3) is 3.88. The van der Waals surface area contributed by atoms with E-state index in [0.29, 0.717) is 11.3 Å². The van der Waals surface area contributed by atoms with Crippen molar-refractivity contribution in [3.05, 3.63) is 59.2 Å². The minimum Gasteiger partial charge on any atom is -0.478 e. The first kappa shape index (κ1) is 16.5. The predicted molar refractivity (Wildman–Crippen MR) is 90.9 cm³/mol. The second kappa shape index (κ2) is 6.12. The molecule has 2 aromatic carbocycles. The van der Waals surface area contributed by atoms with Gasteiger partial charge < -0.3 is 16.2 Å². The van der Waals surface area contributed by atoms with Crippen LogP contribution in [-0.4, -0.2) is 17.0 Å². The highest BCUT2D eigenvalue weighted by Crippen LogP contribution is 2.23. The van der Waals surface area contributed by atoms with Gasteiger partial charge in [0.05, 0.1) is 11.3 Å². The van der Waals surface area contributed by atoms with Gasteiger partial charge >= 0.3 is 5.97 Å². The minimum atomic E-state index is -1.12. The van der Waals surface area contributed by atoms with Gasteiger partial charge in [0, 0.05) is 11.3 Å². The van der Waals surface area contributed by atoms with Crippen LogP contribution in [0.5, 0.6) is 0 Å². The van der Waals surface area contributed by atoms with Gasteiger partial charge in [-0.05, 0) is 41.3 Å². The summed E-state index contributed by atoms with van der Waals surface area (Å²) in [6.45, 7) is 6.27. The number of amides is 1. The Labute approximate surface area is 135 Å². The number of hydrogen-bond donors (Lipinski definition) is 3. The first-order valence-corrected chi connectivity index (χ1v) is 7.23. The molecule has 0 bridgehead atoms. The van der Waals surface area contributed by atoms with Gasteiger partial charge in [-0.1, -0.05) is 32.9 Å². The molecule has 0 aliphatic carbocycles. The van der Waals surface area contributed by atoms with Gasteiger partial charge in [0.25, 0.3) is 5.91 Å². The predicted octanol–water partition coefficient (Wildman–Crippen LogP) is 3.52. The van der Waals surface area contributed by atoms with Gasteiger partial charge in [-0.2, -0.15) is 0 Å². The van der Waals surface area contributed by atoms with Crippen molar-refractivity contribution in [3.63, 3.8) is 0 Å². The Morgan fingerprint density at radius 3 is 2.17 bits per heavy atom. The zero-order valence-corrected chi connectivity index (χ0v) is 13.4. The van der Waals surface area contributed by atoms with E-state index in [1.807, 2.05) is 12.1 Å². The Morgan fingerprint density at radius 2 is 1.65 bits per heavy atom. The average Bonchev–Trinajstić information content (AvgIpc) is 2.46. The molecule has 0 aromatic heterocycles. The number of nitrogen functional groups attached to an aromatic ring is 1. The lowest BCUT2D eigenvalue weighted by Crippen LogP contribution is -2.16. The SMILES string of the molecule is CC(C)(C)c1ccc(C(=O)Nc2cc(N)ccc2C(=O)O)cc1. The maximum atomic E-state index is 12.3. The molecule has 0 radical (unpaired) electrons. The third-order valence-corrected chi connectivity index (χ3v) is 3.54. The molecule has 0 unspecified atom stereocenters. The lowest BCUT2D eigenvalue weighted by Gasteiger charge is -2.19. The smallest absolute Gasteiger partial charge is 0.337 e. The first-order chi connectivity index (χ1) is 10.7. The zero-order chi connectivity index (χ0) is 17.2. The molecule has 23 heavy (non-hydrogen) atoms. The Bertz CT molecular complexity index is 744. The van der Waals surface area contributed by atoms with E-state index in [1.54, 1.807) is 12.1 Å². The van der Waals surface area contributed by atoms with Crippen LogP contribution in [0.1, 0.15) is 47.1 Å². The number of nitrogens with one attached hydrogen (secondary N) is 1. The summed E-state index contributed by atoms with van der Waals surface area (Å²) in [4.78, 5) is 23.5. The van der Waals surface area contributed by atoms with E-state index in [1.165, 1.54) is 18.2 Å². The number of carbonyl (C=O) groups excluding carboxylic acids is 1. The summed E-state index contributed by atoms with van der Waals surface area (Å²) in [5.41, 5.74) is 7.80. The lowest BCUT2D eigenvalue weighted by atomic mass is 9.86. The fraction of sp³-hybridized carbons (Fsp3) is 0.222. The van der Waals surface area contributed by atoms with Crippen molar-refractivity contribution < 1.29 is 14.7 Å². The number of carboxylic acids is 1. The van der Waals surface area contributed by atoms with Crippen LogP contribution < -0.4 is 11.1 Å². The van der Waals surface area contributed by atoms with Gasteiger partial charge in [-0.15, -0.1) is 0 Å². The maximum Gasteiger partial charge on any atom is 0.337 e. The van der Waals surface area contributed by atoms with Crippen LogP contribution in [-0.2, 0) is 5.41 Å². The van der Waals surface area contributed by atoms with E-state index in [2.05, 4.69) is 26.1 Å². The molecule has 2 aromatic rings. The Balaban J connectivity index is 2.26. The summed E-state index contributed by atoms with van der Waals surface area (Å²) in [6.07, 6.45) is 0. The van der Waals surface area contributed by atoms with Gasteiger partial charge in [-0.25, -0.2) is 4.79 Å². The van der Waals surface area contributed by atoms with Crippen LogP contribution in [0, 0.1) is 0 Å². The van der Waals surface area contributed by atoms with Crippen molar-refractivity contribution in [2.24, 2.45) is 0 Å². The van der Waals surface area contributed by atoms with E-state index in [4.69, 9.17) is 5.73 Å². The van der Waals surface area contributed by atoms with Gasteiger partial charge in [-0.3, -0.25) is 4.79 Å². The van der Waals surface area contributed by atoms with Crippen LogP contribution in [0.15, 0.2) is 42.5 Å². The molecular weight excluding hydrogens is 292 g/mol.